The first-order valence-corrected chi connectivity index (χ1v) is 6.32. The molecule has 1 aromatic carbocycles. The zero-order valence-electron chi connectivity index (χ0n) is 10.6. The van der Waals surface area contributed by atoms with Gasteiger partial charge in [0.05, 0.1) is 12.8 Å². The molecule has 0 aliphatic carbocycles. The Morgan fingerprint density at radius 1 is 1.17 bits per heavy atom. The average Bonchev–Trinajstić information content (AvgIpc) is 3.02. The lowest BCUT2D eigenvalue weighted by molar-refractivity contribution is 0.311. The SMILES string of the molecule is Cc1ccc(C2=CCN(Cc3ccco3)C2)cc1. The summed E-state index contributed by atoms with van der Waals surface area (Å²) in [7, 11) is 0. The van der Waals surface area contributed by atoms with E-state index in [4.69, 9.17) is 4.42 Å². The Morgan fingerprint density at radius 2 is 2.00 bits per heavy atom. The summed E-state index contributed by atoms with van der Waals surface area (Å²) in [5, 5.41) is 0. The highest BCUT2D eigenvalue weighted by Gasteiger charge is 2.16. The van der Waals surface area contributed by atoms with Crippen molar-refractivity contribution in [1.29, 1.82) is 0 Å². The molecule has 2 nitrogen and oxygen atoms in total. The summed E-state index contributed by atoms with van der Waals surface area (Å²) in [4.78, 5) is 2.38. The lowest BCUT2D eigenvalue weighted by atomic mass is 10.1. The van der Waals surface area contributed by atoms with Crippen molar-refractivity contribution >= 4 is 5.57 Å². The van der Waals surface area contributed by atoms with Gasteiger partial charge in [0.2, 0.25) is 0 Å². The summed E-state index contributed by atoms with van der Waals surface area (Å²) in [6.45, 7) is 5.02. The molecule has 1 aliphatic heterocycles. The summed E-state index contributed by atoms with van der Waals surface area (Å²) in [5.74, 6) is 1.04. The first kappa shape index (κ1) is 11.3. The van der Waals surface area contributed by atoms with Gasteiger partial charge < -0.3 is 4.42 Å². The van der Waals surface area contributed by atoms with Gasteiger partial charge >= 0.3 is 0 Å². The third-order valence-electron chi connectivity index (χ3n) is 3.37. The number of aryl methyl sites for hydroxylation is 1. The molecule has 1 aliphatic rings. The minimum atomic E-state index is 0.888. The van der Waals surface area contributed by atoms with Gasteiger partial charge in [0.1, 0.15) is 5.76 Å². The normalized spacial score (nSPS) is 15.9. The van der Waals surface area contributed by atoms with Crippen LogP contribution in [0, 0.1) is 6.92 Å². The third kappa shape index (κ3) is 2.39. The number of benzene rings is 1. The minimum Gasteiger partial charge on any atom is -0.468 e. The molecule has 0 saturated carbocycles. The van der Waals surface area contributed by atoms with Gasteiger partial charge in [-0.15, -0.1) is 0 Å². The molecule has 0 amide bonds. The molecule has 0 atom stereocenters. The fraction of sp³-hybridized carbons (Fsp3) is 0.250. The molecular formula is C16H17NO. The number of hydrogen-bond donors (Lipinski definition) is 0. The van der Waals surface area contributed by atoms with Crippen LogP contribution in [0.1, 0.15) is 16.9 Å². The van der Waals surface area contributed by atoms with Crippen LogP contribution in [0.3, 0.4) is 0 Å². The predicted octanol–water partition coefficient (Wildman–Crippen LogP) is 3.49. The van der Waals surface area contributed by atoms with Crippen molar-refractivity contribution in [2.24, 2.45) is 0 Å². The van der Waals surface area contributed by atoms with Crippen LogP contribution in [0.5, 0.6) is 0 Å². The molecule has 3 rings (SSSR count). The van der Waals surface area contributed by atoms with E-state index in [1.54, 1.807) is 6.26 Å². The highest BCUT2D eigenvalue weighted by Crippen LogP contribution is 2.22. The van der Waals surface area contributed by atoms with Gasteiger partial charge in [-0.2, -0.15) is 0 Å². The van der Waals surface area contributed by atoms with Crippen molar-refractivity contribution in [3.05, 3.63) is 65.6 Å². The second kappa shape index (κ2) is 4.83. The lowest BCUT2D eigenvalue weighted by Gasteiger charge is -2.14. The third-order valence-corrected chi connectivity index (χ3v) is 3.37. The maximum absolute atomic E-state index is 5.39. The standard InChI is InChI=1S/C16H17NO/c1-13-4-6-14(7-5-13)15-8-9-17(11-15)12-16-3-2-10-18-16/h2-8,10H,9,11-12H2,1H3. The summed E-state index contributed by atoms with van der Waals surface area (Å²) in [6.07, 6.45) is 4.05. The number of hydrogen-bond acceptors (Lipinski definition) is 2. The molecule has 92 valence electrons. The molecule has 0 saturated heterocycles. The summed E-state index contributed by atoms with van der Waals surface area (Å²) in [6, 6.07) is 12.7. The van der Waals surface area contributed by atoms with E-state index in [2.05, 4.69) is 42.2 Å². The Kier molecular flexibility index (Phi) is 3.03. The van der Waals surface area contributed by atoms with Crippen LogP contribution in [0.25, 0.3) is 5.57 Å². The summed E-state index contributed by atoms with van der Waals surface area (Å²) >= 11 is 0. The number of furan rings is 1. The predicted molar refractivity (Wildman–Crippen MR) is 73.1 cm³/mol. The highest BCUT2D eigenvalue weighted by molar-refractivity contribution is 5.69. The van der Waals surface area contributed by atoms with Gasteiger partial charge in [-0.05, 0) is 30.2 Å². The molecule has 1 aromatic heterocycles. The van der Waals surface area contributed by atoms with E-state index in [-0.39, 0.29) is 0 Å². The minimum absolute atomic E-state index is 0.888. The topological polar surface area (TPSA) is 16.4 Å². The molecule has 0 bridgehead atoms. The Bertz CT molecular complexity index is 537. The lowest BCUT2D eigenvalue weighted by Crippen LogP contribution is -2.19. The average molecular weight is 239 g/mol. The zero-order chi connectivity index (χ0) is 12.4. The van der Waals surface area contributed by atoms with Gasteiger partial charge in [0.25, 0.3) is 0 Å². The van der Waals surface area contributed by atoms with Crippen molar-refractivity contribution in [2.75, 3.05) is 13.1 Å². The maximum Gasteiger partial charge on any atom is 0.117 e. The molecule has 0 spiro atoms. The van der Waals surface area contributed by atoms with E-state index in [1.165, 1.54) is 16.7 Å². The van der Waals surface area contributed by atoms with Crippen molar-refractivity contribution in [3.63, 3.8) is 0 Å². The second-order valence-corrected chi connectivity index (χ2v) is 4.84. The van der Waals surface area contributed by atoms with Gasteiger partial charge in [-0.1, -0.05) is 35.9 Å². The van der Waals surface area contributed by atoms with E-state index in [1.807, 2.05) is 12.1 Å². The number of nitrogens with zero attached hydrogens (tertiary/aromatic N) is 1. The van der Waals surface area contributed by atoms with E-state index in [0.717, 1.165) is 25.4 Å². The first-order chi connectivity index (χ1) is 8.81. The molecule has 0 fully saturated rings. The van der Waals surface area contributed by atoms with Crippen LogP contribution in [-0.2, 0) is 6.54 Å². The Morgan fingerprint density at radius 3 is 2.72 bits per heavy atom. The molecule has 2 heteroatoms. The van der Waals surface area contributed by atoms with Crippen molar-refractivity contribution in [2.45, 2.75) is 13.5 Å². The molecular weight excluding hydrogens is 222 g/mol. The zero-order valence-corrected chi connectivity index (χ0v) is 10.6. The van der Waals surface area contributed by atoms with E-state index < -0.39 is 0 Å². The van der Waals surface area contributed by atoms with Gasteiger partial charge in [0, 0.05) is 13.1 Å². The molecule has 18 heavy (non-hydrogen) atoms. The largest absolute Gasteiger partial charge is 0.468 e. The van der Waals surface area contributed by atoms with Crippen LogP contribution in [-0.4, -0.2) is 18.0 Å². The van der Waals surface area contributed by atoms with Crippen molar-refractivity contribution in [3.8, 4) is 0 Å². The Balaban J connectivity index is 1.65. The summed E-state index contributed by atoms with van der Waals surface area (Å²) in [5.41, 5.74) is 4.06. The van der Waals surface area contributed by atoms with E-state index in [0.29, 0.717) is 0 Å². The van der Waals surface area contributed by atoms with Crippen LogP contribution in [0.4, 0.5) is 0 Å². The van der Waals surface area contributed by atoms with Gasteiger partial charge in [-0.3, -0.25) is 4.90 Å². The monoisotopic (exact) mass is 239 g/mol. The highest BCUT2D eigenvalue weighted by atomic mass is 16.3. The first-order valence-electron chi connectivity index (χ1n) is 6.32. The van der Waals surface area contributed by atoms with E-state index >= 15 is 0 Å². The molecule has 0 radical (unpaired) electrons. The van der Waals surface area contributed by atoms with Crippen LogP contribution in [0.15, 0.2) is 53.2 Å². The number of rotatable bonds is 3. The van der Waals surface area contributed by atoms with Crippen molar-refractivity contribution < 1.29 is 4.42 Å². The van der Waals surface area contributed by atoms with Gasteiger partial charge in [0.15, 0.2) is 0 Å². The maximum atomic E-state index is 5.39. The Hall–Kier alpha value is -1.80. The molecule has 0 unspecified atom stereocenters. The fourth-order valence-corrected chi connectivity index (χ4v) is 2.33. The Labute approximate surface area is 108 Å². The fourth-order valence-electron chi connectivity index (χ4n) is 2.33. The molecule has 2 aromatic rings. The smallest absolute Gasteiger partial charge is 0.117 e. The van der Waals surface area contributed by atoms with Gasteiger partial charge in [-0.25, -0.2) is 0 Å². The quantitative estimate of drug-likeness (QED) is 0.815. The molecule has 2 heterocycles. The van der Waals surface area contributed by atoms with E-state index in [9.17, 15) is 0 Å². The van der Waals surface area contributed by atoms with Crippen molar-refractivity contribution in [1.82, 2.24) is 4.90 Å². The van der Waals surface area contributed by atoms with Crippen LogP contribution >= 0.6 is 0 Å². The van der Waals surface area contributed by atoms with Crippen LogP contribution in [0.2, 0.25) is 0 Å². The summed E-state index contributed by atoms with van der Waals surface area (Å²) < 4.78 is 5.39. The van der Waals surface area contributed by atoms with Crippen LogP contribution < -0.4 is 0 Å². The molecule has 0 N–H and O–H groups in total. The second-order valence-electron chi connectivity index (χ2n) is 4.84.